The van der Waals surface area contributed by atoms with Crippen molar-refractivity contribution in [2.45, 2.75) is 26.4 Å². The first-order valence-corrected chi connectivity index (χ1v) is 11.7. The summed E-state index contributed by atoms with van der Waals surface area (Å²) in [6.45, 7) is 2.67. The summed E-state index contributed by atoms with van der Waals surface area (Å²) in [5.41, 5.74) is 1.37. The molecule has 2 aromatic rings. The summed E-state index contributed by atoms with van der Waals surface area (Å²) >= 11 is 6.14. The molecule has 0 saturated heterocycles. The maximum Gasteiger partial charge on any atom is 0.244 e. The highest BCUT2D eigenvalue weighted by atomic mass is 35.5. The van der Waals surface area contributed by atoms with Crippen molar-refractivity contribution in [3.05, 3.63) is 64.4 Å². The number of amides is 2. The van der Waals surface area contributed by atoms with Gasteiger partial charge in [0.1, 0.15) is 18.4 Å². The maximum atomic E-state index is 13.3. The molecule has 1 N–H and O–H groups in total. The van der Waals surface area contributed by atoms with Crippen LogP contribution in [-0.4, -0.2) is 51.0 Å². The Balaban J connectivity index is 2.42. The zero-order chi connectivity index (χ0) is 23.3. The van der Waals surface area contributed by atoms with Gasteiger partial charge in [0.15, 0.2) is 0 Å². The highest BCUT2D eigenvalue weighted by Gasteiger charge is 2.30. The summed E-state index contributed by atoms with van der Waals surface area (Å²) in [6.07, 6.45) is 0.993. The van der Waals surface area contributed by atoms with Gasteiger partial charge in [-0.2, -0.15) is 0 Å². The van der Waals surface area contributed by atoms with Crippen molar-refractivity contribution in [1.82, 2.24) is 10.2 Å². The predicted molar refractivity (Wildman–Crippen MR) is 119 cm³/mol. The Bertz CT molecular complexity index is 1060. The molecule has 31 heavy (non-hydrogen) atoms. The number of likely N-dealkylation sites (N-methyl/N-ethyl adjacent to an activating group) is 1. The van der Waals surface area contributed by atoms with Crippen LogP contribution in [0.15, 0.2) is 42.5 Å². The molecule has 2 rings (SSSR count). The van der Waals surface area contributed by atoms with Crippen LogP contribution in [0.3, 0.4) is 0 Å². The SMILES string of the molecule is CNC(=O)[C@@H](C)N(Cc1ccc(F)cc1)C(=O)CN(c1cccc(Cl)c1C)S(C)(=O)=O. The van der Waals surface area contributed by atoms with Gasteiger partial charge in [0.25, 0.3) is 0 Å². The standard InChI is InChI=1S/C21H25ClFN3O4S/c1-14-18(22)6-5-7-19(14)26(31(4,29)30)13-20(27)25(15(2)21(28)24-3)12-16-8-10-17(23)11-9-16/h5-11,15H,12-13H2,1-4H3,(H,24,28)/t15-/m1/s1. The lowest BCUT2D eigenvalue weighted by Crippen LogP contribution is -2.50. The predicted octanol–water partition coefficient (Wildman–Crippen LogP) is 2.72. The molecular weight excluding hydrogens is 445 g/mol. The van der Waals surface area contributed by atoms with Crippen LogP contribution in [0, 0.1) is 12.7 Å². The molecule has 0 fully saturated rings. The molecule has 168 valence electrons. The third-order valence-electron chi connectivity index (χ3n) is 4.87. The Hall–Kier alpha value is -2.65. The number of nitrogens with zero attached hydrogens (tertiary/aromatic N) is 2. The third kappa shape index (κ3) is 6.18. The zero-order valence-corrected chi connectivity index (χ0v) is 19.3. The number of halogens is 2. The quantitative estimate of drug-likeness (QED) is 0.644. The summed E-state index contributed by atoms with van der Waals surface area (Å²) in [5.74, 6) is -1.44. The number of benzene rings is 2. The van der Waals surface area contributed by atoms with E-state index in [4.69, 9.17) is 11.6 Å². The highest BCUT2D eigenvalue weighted by Crippen LogP contribution is 2.28. The second-order valence-corrected chi connectivity index (χ2v) is 9.41. The van der Waals surface area contributed by atoms with Crippen LogP contribution < -0.4 is 9.62 Å². The van der Waals surface area contributed by atoms with Crippen molar-refractivity contribution in [2.24, 2.45) is 0 Å². The van der Waals surface area contributed by atoms with Crippen LogP contribution in [0.1, 0.15) is 18.1 Å². The molecule has 0 unspecified atom stereocenters. The Morgan fingerprint density at radius 1 is 1.16 bits per heavy atom. The van der Waals surface area contributed by atoms with Crippen LogP contribution in [0.2, 0.25) is 5.02 Å². The molecule has 0 aliphatic rings. The van der Waals surface area contributed by atoms with Gasteiger partial charge in [-0.05, 0) is 49.2 Å². The molecule has 1 atom stereocenters. The van der Waals surface area contributed by atoms with Crippen molar-refractivity contribution < 1.29 is 22.4 Å². The monoisotopic (exact) mass is 469 g/mol. The van der Waals surface area contributed by atoms with E-state index < -0.39 is 40.2 Å². The van der Waals surface area contributed by atoms with Crippen LogP contribution in [0.5, 0.6) is 0 Å². The normalized spacial score (nSPS) is 12.2. The number of hydrogen-bond donors (Lipinski definition) is 1. The smallest absolute Gasteiger partial charge is 0.244 e. The number of nitrogens with one attached hydrogen (secondary N) is 1. The summed E-state index contributed by atoms with van der Waals surface area (Å²) in [6, 6.07) is 9.39. The Kier molecular flexibility index (Phi) is 8.02. The van der Waals surface area contributed by atoms with Crippen molar-refractivity contribution in [1.29, 1.82) is 0 Å². The van der Waals surface area contributed by atoms with Crippen LogP contribution in [-0.2, 0) is 26.2 Å². The Morgan fingerprint density at radius 2 is 1.77 bits per heavy atom. The lowest BCUT2D eigenvalue weighted by atomic mass is 10.1. The first-order chi connectivity index (χ1) is 14.5. The van der Waals surface area contributed by atoms with E-state index in [1.807, 2.05) is 0 Å². The number of hydrogen-bond acceptors (Lipinski definition) is 4. The van der Waals surface area contributed by atoms with Gasteiger partial charge in [0.2, 0.25) is 21.8 Å². The fourth-order valence-corrected chi connectivity index (χ4v) is 4.11. The minimum Gasteiger partial charge on any atom is -0.357 e. The largest absolute Gasteiger partial charge is 0.357 e. The van der Waals surface area contributed by atoms with Crippen molar-refractivity contribution in [3.8, 4) is 0 Å². The minimum atomic E-state index is -3.84. The fourth-order valence-electron chi connectivity index (χ4n) is 3.04. The molecule has 2 aromatic carbocycles. The fraction of sp³-hybridized carbons (Fsp3) is 0.333. The molecule has 7 nitrogen and oxygen atoms in total. The first kappa shape index (κ1) is 24.6. The van der Waals surface area contributed by atoms with Gasteiger partial charge >= 0.3 is 0 Å². The molecule has 0 saturated carbocycles. The van der Waals surface area contributed by atoms with E-state index in [2.05, 4.69) is 5.32 Å². The number of carbonyl (C=O) groups excluding carboxylic acids is 2. The Labute approximate surface area is 186 Å². The average molecular weight is 470 g/mol. The number of sulfonamides is 1. The van der Waals surface area contributed by atoms with Crippen LogP contribution in [0.25, 0.3) is 0 Å². The molecule has 0 heterocycles. The number of carbonyl (C=O) groups is 2. The van der Waals surface area contributed by atoms with Crippen molar-refractivity contribution in [3.63, 3.8) is 0 Å². The number of rotatable bonds is 8. The van der Waals surface area contributed by atoms with Crippen molar-refractivity contribution in [2.75, 3.05) is 24.2 Å². The molecule has 10 heteroatoms. The van der Waals surface area contributed by atoms with Crippen molar-refractivity contribution >= 4 is 39.1 Å². The van der Waals surface area contributed by atoms with Gasteiger partial charge in [-0.15, -0.1) is 0 Å². The lowest BCUT2D eigenvalue weighted by molar-refractivity contribution is -0.139. The van der Waals surface area contributed by atoms with Gasteiger partial charge in [-0.3, -0.25) is 13.9 Å². The van der Waals surface area contributed by atoms with Crippen LogP contribution in [0.4, 0.5) is 10.1 Å². The number of anilines is 1. The molecule has 0 bridgehead atoms. The average Bonchev–Trinajstić information content (AvgIpc) is 2.71. The van der Waals surface area contributed by atoms with Gasteiger partial charge < -0.3 is 10.2 Å². The van der Waals surface area contributed by atoms with Crippen LogP contribution >= 0.6 is 11.6 Å². The van der Waals surface area contributed by atoms with E-state index in [0.29, 0.717) is 16.1 Å². The second-order valence-electron chi connectivity index (χ2n) is 7.09. The van der Waals surface area contributed by atoms with Gasteiger partial charge in [0, 0.05) is 18.6 Å². The molecule has 0 aliphatic heterocycles. The molecule has 0 aliphatic carbocycles. The molecule has 0 radical (unpaired) electrons. The summed E-state index contributed by atoms with van der Waals surface area (Å²) in [5, 5.41) is 2.85. The molecule has 2 amide bonds. The Morgan fingerprint density at radius 3 is 2.32 bits per heavy atom. The third-order valence-corrected chi connectivity index (χ3v) is 6.40. The molecule has 0 aromatic heterocycles. The van der Waals surface area contributed by atoms with E-state index in [0.717, 1.165) is 10.6 Å². The lowest BCUT2D eigenvalue weighted by Gasteiger charge is -2.31. The maximum absolute atomic E-state index is 13.3. The molecular formula is C21H25ClFN3O4S. The second kappa shape index (κ2) is 10.1. The topological polar surface area (TPSA) is 86.8 Å². The van der Waals surface area contributed by atoms with E-state index >= 15 is 0 Å². The van der Waals surface area contributed by atoms with Gasteiger partial charge in [-0.25, -0.2) is 12.8 Å². The van der Waals surface area contributed by atoms with E-state index in [1.54, 1.807) is 25.1 Å². The first-order valence-electron chi connectivity index (χ1n) is 9.44. The summed E-state index contributed by atoms with van der Waals surface area (Å²) in [7, 11) is -2.40. The van der Waals surface area contributed by atoms with Gasteiger partial charge in [-0.1, -0.05) is 29.8 Å². The summed E-state index contributed by atoms with van der Waals surface area (Å²) in [4.78, 5) is 26.7. The van der Waals surface area contributed by atoms with E-state index in [1.165, 1.54) is 43.1 Å². The summed E-state index contributed by atoms with van der Waals surface area (Å²) < 4.78 is 39.2. The zero-order valence-electron chi connectivity index (χ0n) is 17.7. The molecule has 0 spiro atoms. The van der Waals surface area contributed by atoms with E-state index in [9.17, 15) is 22.4 Å². The highest BCUT2D eigenvalue weighted by molar-refractivity contribution is 7.92. The minimum absolute atomic E-state index is 0.000169. The van der Waals surface area contributed by atoms with E-state index in [-0.39, 0.29) is 12.2 Å². The van der Waals surface area contributed by atoms with Gasteiger partial charge in [0.05, 0.1) is 11.9 Å².